The Morgan fingerprint density at radius 3 is 2.90 bits per heavy atom. The first-order chi connectivity index (χ1) is 9.77. The van der Waals surface area contributed by atoms with Gasteiger partial charge in [0.05, 0.1) is 7.05 Å². The zero-order valence-corrected chi connectivity index (χ0v) is 11.7. The first kappa shape index (κ1) is 12.0. The maximum atomic E-state index is 4.43. The average molecular weight is 269 g/mol. The van der Waals surface area contributed by atoms with Gasteiger partial charge < -0.3 is 5.32 Å². The number of hydrogen-bond acceptors (Lipinski definition) is 4. The summed E-state index contributed by atoms with van der Waals surface area (Å²) in [4.78, 5) is 1.56. The van der Waals surface area contributed by atoms with Crippen molar-refractivity contribution in [1.82, 2.24) is 25.5 Å². The highest BCUT2D eigenvalue weighted by Crippen LogP contribution is 2.48. The SMILES string of the molecule is Cn1nnc(C2CC3(c4ccccc4)CCCC2N3)n1. The summed E-state index contributed by atoms with van der Waals surface area (Å²) in [5, 5.41) is 16.5. The number of benzene rings is 1. The van der Waals surface area contributed by atoms with E-state index in [0.717, 1.165) is 12.2 Å². The molecule has 3 unspecified atom stereocenters. The van der Waals surface area contributed by atoms with Crippen LogP contribution in [-0.2, 0) is 12.6 Å². The Balaban J connectivity index is 1.70. The number of tetrazole rings is 1. The van der Waals surface area contributed by atoms with Crippen molar-refractivity contribution < 1.29 is 0 Å². The predicted molar refractivity (Wildman–Crippen MR) is 75.1 cm³/mol. The summed E-state index contributed by atoms with van der Waals surface area (Å²) in [6, 6.07) is 11.3. The normalized spacial score (nSPS) is 32.5. The van der Waals surface area contributed by atoms with Crippen molar-refractivity contribution in [2.45, 2.75) is 43.2 Å². The lowest BCUT2D eigenvalue weighted by Crippen LogP contribution is -2.44. The Morgan fingerprint density at radius 2 is 2.15 bits per heavy atom. The summed E-state index contributed by atoms with van der Waals surface area (Å²) in [5.74, 6) is 1.27. The molecule has 0 radical (unpaired) electrons. The Hall–Kier alpha value is -1.75. The predicted octanol–water partition coefficient (Wildman–Crippen LogP) is 1.73. The van der Waals surface area contributed by atoms with Crippen molar-refractivity contribution in [3.8, 4) is 0 Å². The molecule has 0 aliphatic carbocycles. The van der Waals surface area contributed by atoms with Crippen LogP contribution >= 0.6 is 0 Å². The van der Waals surface area contributed by atoms with E-state index < -0.39 is 0 Å². The third-order valence-electron chi connectivity index (χ3n) is 4.82. The van der Waals surface area contributed by atoms with Gasteiger partial charge in [-0.15, -0.1) is 10.2 Å². The van der Waals surface area contributed by atoms with Crippen LogP contribution in [0.5, 0.6) is 0 Å². The minimum Gasteiger partial charge on any atom is -0.304 e. The molecule has 2 aromatic rings. The van der Waals surface area contributed by atoms with Gasteiger partial charge in [0.25, 0.3) is 0 Å². The molecule has 0 spiro atoms. The highest BCUT2D eigenvalue weighted by molar-refractivity contribution is 5.30. The van der Waals surface area contributed by atoms with E-state index in [1.807, 2.05) is 7.05 Å². The van der Waals surface area contributed by atoms with Gasteiger partial charge in [0, 0.05) is 17.5 Å². The molecule has 2 bridgehead atoms. The fourth-order valence-corrected chi connectivity index (χ4v) is 3.92. The molecule has 2 fully saturated rings. The highest BCUT2D eigenvalue weighted by Gasteiger charge is 2.49. The summed E-state index contributed by atoms with van der Waals surface area (Å²) < 4.78 is 0. The molecule has 104 valence electrons. The maximum absolute atomic E-state index is 4.43. The molecule has 3 heterocycles. The molecule has 3 atom stereocenters. The van der Waals surface area contributed by atoms with Gasteiger partial charge >= 0.3 is 0 Å². The third kappa shape index (κ3) is 1.77. The van der Waals surface area contributed by atoms with Crippen molar-refractivity contribution in [3.05, 3.63) is 41.7 Å². The Labute approximate surface area is 118 Å². The third-order valence-corrected chi connectivity index (χ3v) is 4.82. The van der Waals surface area contributed by atoms with Crippen LogP contribution in [0, 0.1) is 0 Å². The van der Waals surface area contributed by atoms with Gasteiger partial charge in [-0.1, -0.05) is 30.3 Å². The second-order valence-electron chi connectivity index (χ2n) is 6.04. The van der Waals surface area contributed by atoms with Gasteiger partial charge in [-0.2, -0.15) is 4.80 Å². The van der Waals surface area contributed by atoms with Crippen molar-refractivity contribution in [3.63, 3.8) is 0 Å². The van der Waals surface area contributed by atoms with Crippen LogP contribution in [0.2, 0.25) is 0 Å². The van der Waals surface area contributed by atoms with Crippen LogP contribution in [0.25, 0.3) is 0 Å². The molecule has 5 nitrogen and oxygen atoms in total. The molecule has 2 aliphatic heterocycles. The first-order valence-electron chi connectivity index (χ1n) is 7.34. The van der Waals surface area contributed by atoms with Crippen LogP contribution < -0.4 is 5.32 Å². The van der Waals surface area contributed by atoms with Gasteiger partial charge in [-0.3, -0.25) is 0 Å². The fourth-order valence-electron chi connectivity index (χ4n) is 3.92. The van der Waals surface area contributed by atoms with Gasteiger partial charge in [0.2, 0.25) is 0 Å². The summed E-state index contributed by atoms with van der Waals surface area (Å²) >= 11 is 0. The number of hydrogen-bond donors (Lipinski definition) is 1. The van der Waals surface area contributed by atoms with E-state index in [9.17, 15) is 0 Å². The molecular formula is C15H19N5. The van der Waals surface area contributed by atoms with Crippen molar-refractivity contribution >= 4 is 0 Å². The quantitative estimate of drug-likeness (QED) is 0.902. The number of fused-ring (bicyclic) bond motifs is 2. The second-order valence-corrected chi connectivity index (χ2v) is 6.04. The zero-order valence-electron chi connectivity index (χ0n) is 11.7. The minimum atomic E-state index is 0.105. The molecule has 0 saturated carbocycles. The number of piperidine rings is 1. The van der Waals surface area contributed by atoms with Gasteiger partial charge in [-0.25, -0.2) is 0 Å². The molecule has 20 heavy (non-hydrogen) atoms. The molecule has 0 amide bonds. The van der Waals surface area contributed by atoms with Crippen LogP contribution in [0.3, 0.4) is 0 Å². The van der Waals surface area contributed by atoms with E-state index >= 15 is 0 Å². The number of rotatable bonds is 2. The van der Waals surface area contributed by atoms with Crippen LogP contribution in [0.4, 0.5) is 0 Å². The number of nitrogens with one attached hydrogen (secondary N) is 1. The standard InChI is InChI=1S/C15H19N5/c1-20-18-14(17-19-20)12-10-15(9-5-8-13(12)16-15)11-6-3-2-4-7-11/h2-4,6-7,12-13,16H,5,8-10H2,1H3. The lowest BCUT2D eigenvalue weighted by atomic mass is 9.82. The monoisotopic (exact) mass is 269 g/mol. The van der Waals surface area contributed by atoms with Crippen molar-refractivity contribution in [2.75, 3.05) is 0 Å². The summed E-state index contributed by atoms with van der Waals surface area (Å²) in [6.45, 7) is 0. The largest absolute Gasteiger partial charge is 0.304 e. The lowest BCUT2D eigenvalue weighted by Gasteiger charge is -2.35. The van der Waals surface area contributed by atoms with E-state index in [1.54, 1.807) is 4.80 Å². The van der Waals surface area contributed by atoms with E-state index in [4.69, 9.17) is 0 Å². The molecule has 2 aliphatic rings. The maximum Gasteiger partial charge on any atom is 0.179 e. The molecule has 2 saturated heterocycles. The topological polar surface area (TPSA) is 55.6 Å². The van der Waals surface area contributed by atoms with Gasteiger partial charge in [0.1, 0.15) is 0 Å². The zero-order chi connectivity index (χ0) is 13.6. The van der Waals surface area contributed by atoms with Crippen molar-refractivity contribution in [1.29, 1.82) is 0 Å². The lowest BCUT2D eigenvalue weighted by molar-refractivity contribution is 0.280. The summed E-state index contributed by atoms with van der Waals surface area (Å²) in [5.41, 5.74) is 1.50. The number of nitrogens with zero attached hydrogens (tertiary/aromatic N) is 4. The Bertz CT molecular complexity index is 608. The summed E-state index contributed by atoms with van der Waals surface area (Å²) in [7, 11) is 1.83. The van der Waals surface area contributed by atoms with Gasteiger partial charge in [0.15, 0.2) is 5.82 Å². The summed E-state index contributed by atoms with van der Waals surface area (Å²) in [6.07, 6.45) is 4.75. The average Bonchev–Trinajstić information content (AvgIpc) is 3.02. The molecule has 4 rings (SSSR count). The first-order valence-corrected chi connectivity index (χ1v) is 7.34. The molecule has 1 aromatic heterocycles. The Morgan fingerprint density at radius 1 is 1.30 bits per heavy atom. The van der Waals surface area contributed by atoms with E-state index in [2.05, 4.69) is 51.1 Å². The highest BCUT2D eigenvalue weighted by atomic mass is 15.6. The smallest absolute Gasteiger partial charge is 0.179 e. The van der Waals surface area contributed by atoms with Gasteiger partial charge in [-0.05, 0) is 36.5 Å². The van der Waals surface area contributed by atoms with E-state index in [-0.39, 0.29) is 5.54 Å². The van der Waals surface area contributed by atoms with E-state index in [0.29, 0.717) is 12.0 Å². The van der Waals surface area contributed by atoms with Crippen LogP contribution in [-0.4, -0.2) is 26.2 Å². The second kappa shape index (κ2) is 4.38. The molecule has 5 heteroatoms. The minimum absolute atomic E-state index is 0.105. The fraction of sp³-hybridized carbons (Fsp3) is 0.533. The van der Waals surface area contributed by atoms with E-state index in [1.165, 1.54) is 24.8 Å². The molecule has 1 N–H and O–H groups in total. The van der Waals surface area contributed by atoms with Crippen molar-refractivity contribution in [2.24, 2.45) is 7.05 Å². The number of aryl methyl sites for hydroxylation is 1. The van der Waals surface area contributed by atoms with Crippen LogP contribution in [0.1, 0.15) is 43.0 Å². The van der Waals surface area contributed by atoms with Crippen LogP contribution in [0.15, 0.2) is 30.3 Å². The number of aromatic nitrogens is 4. The molecular weight excluding hydrogens is 250 g/mol. The molecule has 1 aromatic carbocycles. The Kier molecular flexibility index (Phi) is 2.63.